The van der Waals surface area contributed by atoms with Gasteiger partial charge in [-0.05, 0) is 41.9 Å². The number of furan rings is 1. The molecule has 0 aromatic carbocycles. The van der Waals surface area contributed by atoms with Crippen molar-refractivity contribution < 1.29 is 33.5 Å². The number of aliphatic hydroxyl groups is 1. The number of imide groups is 1. The first-order valence-corrected chi connectivity index (χ1v) is 9.01. The van der Waals surface area contributed by atoms with Crippen molar-refractivity contribution in [2.45, 2.75) is 25.6 Å². The van der Waals surface area contributed by atoms with Crippen molar-refractivity contribution in [1.82, 2.24) is 4.90 Å². The van der Waals surface area contributed by atoms with Crippen LogP contribution in [0.4, 0.5) is 0 Å². The first-order valence-electron chi connectivity index (χ1n) is 9.01. The Morgan fingerprint density at radius 3 is 2.74 bits per heavy atom. The number of ether oxygens (including phenoxy) is 1. The molecule has 0 spiro atoms. The molecule has 2 N–H and O–H groups in total. The number of rotatable bonds is 4. The van der Waals surface area contributed by atoms with Crippen LogP contribution in [0, 0.1) is 17.8 Å². The molecule has 4 atom stereocenters. The summed E-state index contributed by atoms with van der Waals surface area (Å²) in [7, 11) is 1.86. The first-order chi connectivity index (χ1) is 13.0. The van der Waals surface area contributed by atoms with Crippen LogP contribution in [-0.4, -0.2) is 54.7 Å². The fourth-order valence-electron chi connectivity index (χ4n) is 4.71. The van der Waals surface area contributed by atoms with Crippen LogP contribution in [0.2, 0.25) is 0 Å². The number of hydrogen-bond acceptors (Lipinski definition) is 7. The van der Waals surface area contributed by atoms with Crippen molar-refractivity contribution >= 4 is 18.9 Å². The van der Waals surface area contributed by atoms with Gasteiger partial charge in [0.05, 0.1) is 18.4 Å². The summed E-state index contributed by atoms with van der Waals surface area (Å²) in [6.07, 6.45) is 0.233. The van der Waals surface area contributed by atoms with Gasteiger partial charge in [-0.3, -0.25) is 14.5 Å². The Kier molecular flexibility index (Phi) is 4.71. The molecule has 9 heteroatoms. The van der Waals surface area contributed by atoms with Crippen LogP contribution in [-0.2, 0) is 25.6 Å². The Balaban J connectivity index is 1.72. The molecule has 0 bridgehead atoms. The third-order valence-electron chi connectivity index (χ3n) is 5.91. The molecule has 1 aliphatic carbocycles. The largest absolute Gasteiger partial charge is 0.487 e. The minimum atomic E-state index is -1.20. The van der Waals surface area contributed by atoms with Gasteiger partial charge in [0, 0.05) is 14.2 Å². The number of nitrogens with zero attached hydrogens (tertiary/aromatic N) is 1. The molecule has 2 fully saturated rings. The van der Waals surface area contributed by atoms with Crippen molar-refractivity contribution in [3.8, 4) is 0 Å². The zero-order chi connectivity index (χ0) is 19.3. The highest BCUT2D eigenvalue weighted by molar-refractivity contribution is 6.53. The zero-order valence-corrected chi connectivity index (χ0v) is 15.3. The van der Waals surface area contributed by atoms with Crippen LogP contribution in [0.5, 0.6) is 0 Å². The number of amides is 2. The van der Waals surface area contributed by atoms with E-state index in [9.17, 15) is 19.7 Å². The SMILES string of the molecule is COCC1=C2B(O)O[C@H](c3ccc(CO)o3)C[C@H]2[C@H]2C(=O)N(C)C(=O)[C@H]2C1. The quantitative estimate of drug-likeness (QED) is 0.581. The van der Waals surface area contributed by atoms with Gasteiger partial charge in [0.1, 0.15) is 24.2 Å². The van der Waals surface area contributed by atoms with Crippen molar-refractivity contribution in [2.24, 2.45) is 17.8 Å². The third-order valence-corrected chi connectivity index (χ3v) is 5.91. The number of likely N-dealkylation sites (tertiary alicyclic amines) is 1. The monoisotopic (exact) mass is 375 g/mol. The summed E-state index contributed by atoms with van der Waals surface area (Å²) in [5.74, 6) is -0.784. The van der Waals surface area contributed by atoms with Gasteiger partial charge >= 0.3 is 7.12 Å². The van der Waals surface area contributed by atoms with Crippen molar-refractivity contribution in [3.63, 3.8) is 0 Å². The Morgan fingerprint density at radius 2 is 2.07 bits per heavy atom. The predicted octanol–water partition coefficient (Wildman–Crippen LogP) is 0.447. The molecule has 0 radical (unpaired) electrons. The van der Waals surface area contributed by atoms with Gasteiger partial charge in [-0.2, -0.15) is 0 Å². The summed E-state index contributed by atoms with van der Waals surface area (Å²) >= 11 is 0. The number of fused-ring (bicyclic) bond motifs is 3. The van der Waals surface area contributed by atoms with Gasteiger partial charge in [-0.1, -0.05) is 0 Å². The fraction of sp³-hybridized carbons (Fsp3) is 0.556. The molecule has 4 rings (SSSR count). The molecule has 27 heavy (non-hydrogen) atoms. The topological polar surface area (TPSA) is 109 Å². The van der Waals surface area contributed by atoms with Gasteiger partial charge < -0.3 is 23.9 Å². The van der Waals surface area contributed by atoms with Gasteiger partial charge in [0.15, 0.2) is 0 Å². The Labute approximate surface area is 156 Å². The molecule has 2 aliphatic heterocycles. The lowest BCUT2D eigenvalue weighted by Gasteiger charge is -2.41. The summed E-state index contributed by atoms with van der Waals surface area (Å²) in [5.41, 5.74) is 1.47. The second-order valence-electron chi connectivity index (χ2n) is 7.35. The predicted molar refractivity (Wildman–Crippen MR) is 92.8 cm³/mol. The van der Waals surface area contributed by atoms with Crippen LogP contribution in [0.15, 0.2) is 27.6 Å². The molecule has 8 nitrogen and oxygen atoms in total. The number of carbonyl (C=O) groups is 2. The highest BCUT2D eigenvalue weighted by Gasteiger charge is 2.57. The molecule has 1 aromatic heterocycles. The van der Waals surface area contributed by atoms with Crippen LogP contribution < -0.4 is 0 Å². The van der Waals surface area contributed by atoms with Crippen LogP contribution in [0.25, 0.3) is 0 Å². The average Bonchev–Trinajstić information content (AvgIpc) is 3.22. The number of allylic oxidation sites excluding steroid dienone is 1. The number of carbonyl (C=O) groups excluding carboxylic acids is 2. The van der Waals surface area contributed by atoms with Gasteiger partial charge in [0.2, 0.25) is 11.8 Å². The lowest BCUT2D eigenvalue weighted by atomic mass is 9.55. The van der Waals surface area contributed by atoms with E-state index in [1.54, 1.807) is 19.2 Å². The molecule has 2 saturated heterocycles. The highest BCUT2D eigenvalue weighted by Crippen LogP contribution is 2.51. The van der Waals surface area contributed by atoms with E-state index in [4.69, 9.17) is 13.8 Å². The average molecular weight is 375 g/mol. The van der Waals surface area contributed by atoms with Crippen LogP contribution in [0.1, 0.15) is 30.5 Å². The van der Waals surface area contributed by atoms with Crippen LogP contribution in [0.3, 0.4) is 0 Å². The lowest BCUT2D eigenvalue weighted by Crippen LogP contribution is -2.45. The van der Waals surface area contributed by atoms with E-state index in [-0.39, 0.29) is 30.9 Å². The Bertz CT molecular complexity index is 803. The minimum Gasteiger partial charge on any atom is -0.461 e. The first kappa shape index (κ1) is 18.4. The second-order valence-corrected chi connectivity index (χ2v) is 7.35. The molecule has 0 unspecified atom stereocenters. The molecule has 2 amide bonds. The summed E-state index contributed by atoms with van der Waals surface area (Å²) in [5, 5.41) is 19.9. The molecule has 0 saturated carbocycles. The highest BCUT2D eigenvalue weighted by atomic mass is 16.5. The van der Waals surface area contributed by atoms with E-state index < -0.39 is 25.1 Å². The molecule has 3 aliphatic rings. The van der Waals surface area contributed by atoms with Gasteiger partial charge in [-0.15, -0.1) is 0 Å². The van der Waals surface area contributed by atoms with E-state index in [1.807, 2.05) is 0 Å². The van der Waals surface area contributed by atoms with E-state index in [0.717, 1.165) is 5.57 Å². The number of aliphatic hydroxyl groups excluding tert-OH is 1. The maximum atomic E-state index is 12.7. The Morgan fingerprint density at radius 1 is 1.30 bits per heavy atom. The van der Waals surface area contributed by atoms with Crippen LogP contribution >= 0.6 is 0 Å². The summed E-state index contributed by atoms with van der Waals surface area (Å²) in [6, 6.07) is 3.34. The molecular weight excluding hydrogens is 353 g/mol. The van der Waals surface area contributed by atoms with E-state index >= 15 is 0 Å². The normalized spacial score (nSPS) is 30.8. The second kappa shape index (κ2) is 6.90. The summed E-state index contributed by atoms with van der Waals surface area (Å²) in [4.78, 5) is 26.5. The molecule has 144 valence electrons. The molecule has 3 heterocycles. The van der Waals surface area contributed by atoms with Crippen molar-refractivity contribution in [3.05, 3.63) is 34.7 Å². The van der Waals surface area contributed by atoms with Crippen molar-refractivity contribution in [1.29, 1.82) is 0 Å². The summed E-state index contributed by atoms with van der Waals surface area (Å²) in [6.45, 7) is 0.0467. The minimum absolute atomic E-state index is 0.184. The third kappa shape index (κ3) is 2.85. The standard InChI is InChI=1S/C18H22BNO7/c1-20-17(22)12-5-9(8-25-2)16-11(15(12)18(20)23)6-14(27-19(16)24)13-4-3-10(7-21)26-13/h3-4,11-12,14-15,21,24H,5-8H2,1-2H3/t11-,12-,14-,15+/m0/s1. The van der Waals surface area contributed by atoms with Crippen molar-refractivity contribution in [2.75, 3.05) is 20.8 Å². The van der Waals surface area contributed by atoms with Gasteiger partial charge in [0.25, 0.3) is 0 Å². The zero-order valence-electron chi connectivity index (χ0n) is 15.3. The summed E-state index contributed by atoms with van der Waals surface area (Å²) < 4.78 is 16.6. The fourth-order valence-corrected chi connectivity index (χ4v) is 4.71. The lowest BCUT2D eigenvalue weighted by molar-refractivity contribution is -0.138. The maximum Gasteiger partial charge on any atom is 0.487 e. The maximum absolute atomic E-state index is 12.7. The smallest absolute Gasteiger partial charge is 0.461 e. The van der Waals surface area contributed by atoms with E-state index in [2.05, 4.69) is 0 Å². The number of methoxy groups -OCH3 is 1. The Hall–Kier alpha value is -1.94. The molecule has 1 aromatic rings. The molecular formula is C18H22BNO7. The van der Waals surface area contributed by atoms with Gasteiger partial charge in [-0.25, -0.2) is 0 Å². The van der Waals surface area contributed by atoms with E-state index in [1.165, 1.54) is 11.9 Å². The van der Waals surface area contributed by atoms with E-state index in [0.29, 0.717) is 29.8 Å². The number of hydrogen-bond donors (Lipinski definition) is 2.